The first-order chi connectivity index (χ1) is 15.5. The Kier molecular flexibility index (Phi) is 6.38. The highest BCUT2D eigenvalue weighted by atomic mass is 16.5. The zero-order chi connectivity index (χ0) is 22.7. The van der Waals surface area contributed by atoms with E-state index in [9.17, 15) is 20.1 Å². The fourth-order valence-electron chi connectivity index (χ4n) is 3.64. The summed E-state index contributed by atoms with van der Waals surface area (Å²) in [6.45, 7) is 4.43. The van der Waals surface area contributed by atoms with E-state index in [1.165, 1.54) is 31.4 Å². The largest absolute Gasteiger partial charge is 0.504 e. The maximum Gasteiger partial charge on any atom is 0.238 e. The van der Waals surface area contributed by atoms with Crippen molar-refractivity contribution in [2.45, 2.75) is 6.42 Å². The first kappa shape index (κ1) is 21.8. The Morgan fingerprint density at radius 3 is 2.56 bits per heavy atom. The number of benzene rings is 2. The minimum atomic E-state index is -0.667. The van der Waals surface area contributed by atoms with Gasteiger partial charge in [-0.15, -0.1) is 0 Å². The van der Waals surface area contributed by atoms with Crippen LogP contribution in [-0.4, -0.2) is 66.8 Å². The van der Waals surface area contributed by atoms with E-state index in [0.717, 1.165) is 39.3 Å². The number of phenolic OH excluding ortho intramolecular Hbond substituents is 2. The van der Waals surface area contributed by atoms with Gasteiger partial charge in [-0.05, 0) is 24.6 Å². The highest BCUT2D eigenvalue weighted by molar-refractivity contribution is 5.88. The molecule has 170 valence electrons. The summed E-state index contributed by atoms with van der Waals surface area (Å²) in [6, 6.07) is 6.97. The summed E-state index contributed by atoms with van der Waals surface area (Å²) in [6.07, 6.45) is 0.751. The van der Waals surface area contributed by atoms with E-state index in [2.05, 4.69) is 4.90 Å². The summed E-state index contributed by atoms with van der Waals surface area (Å²) in [5.74, 6) is -0.805. The Morgan fingerprint density at radius 2 is 1.84 bits per heavy atom. The number of hydrogen-bond acceptors (Lipinski definition) is 9. The molecule has 4 rings (SSSR count). The van der Waals surface area contributed by atoms with Crippen molar-refractivity contribution < 1.29 is 33.9 Å². The van der Waals surface area contributed by atoms with Crippen molar-refractivity contribution in [2.75, 3.05) is 46.6 Å². The molecule has 0 unspecified atom stereocenters. The number of methoxy groups -OCH3 is 1. The quantitative estimate of drug-likeness (QED) is 0.374. The van der Waals surface area contributed by atoms with Gasteiger partial charge in [-0.1, -0.05) is 0 Å². The molecule has 0 atom stereocenters. The lowest BCUT2D eigenvalue weighted by Gasteiger charge is -2.26. The molecule has 1 fully saturated rings. The topological polar surface area (TPSA) is 122 Å². The molecule has 0 amide bonds. The third kappa shape index (κ3) is 4.44. The number of phenols is 2. The van der Waals surface area contributed by atoms with Gasteiger partial charge < -0.3 is 33.9 Å². The maximum atomic E-state index is 13.0. The summed E-state index contributed by atoms with van der Waals surface area (Å²) in [5, 5.41) is 29.9. The van der Waals surface area contributed by atoms with Crippen molar-refractivity contribution in [1.29, 1.82) is 0 Å². The maximum absolute atomic E-state index is 13.0. The van der Waals surface area contributed by atoms with E-state index < -0.39 is 16.9 Å². The summed E-state index contributed by atoms with van der Waals surface area (Å²) in [4.78, 5) is 15.3. The van der Waals surface area contributed by atoms with Gasteiger partial charge in [0, 0.05) is 37.3 Å². The molecule has 32 heavy (non-hydrogen) atoms. The second kappa shape index (κ2) is 9.37. The fraction of sp³-hybridized carbons (Fsp3) is 0.348. The van der Waals surface area contributed by atoms with Gasteiger partial charge in [0.05, 0.1) is 26.9 Å². The predicted molar refractivity (Wildman–Crippen MR) is 117 cm³/mol. The van der Waals surface area contributed by atoms with Crippen LogP contribution in [0.1, 0.15) is 6.42 Å². The van der Waals surface area contributed by atoms with Crippen LogP contribution in [0, 0.1) is 0 Å². The molecule has 9 nitrogen and oxygen atoms in total. The number of aromatic hydroxyl groups is 3. The third-order valence-electron chi connectivity index (χ3n) is 5.36. The lowest BCUT2D eigenvalue weighted by molar-refractivity contribution is 0.0358. The summed E-state index contributed by atoms with van der Waals surface area (Å²) < 4.78 is 22.4. The lowest BCUT2D eigenvalue weighted by atomic mass is 10.1. The van der Waals surface area contributed by atoms with Gasteiger partial charge in [-0.25, -0.2) is 0 Å². The molecule has 2 aromatic carbocycles. The highest BCUT2D eigenvalue weighted by Crippen LogP contribution is 2.38. The molecule has 0 aliphatic carbocycles. The van der Waals surface area contributed by atoms with E-state index in [1.807, 2.05) is 0 Å². The monoisotopic (exact) mass is 443 g/mol. The van der Waals surface area contributed by atoms with Gasteiger partial charge in [0.1, 0.15) is 22.5 Å². The molecule has 0 bridgehead atoms. The molecule has 1 aliphatic rings. The number of rotatable bonds is 7. The van der Waals surface area contributed by atoms with Gasteiger partial charge in [-0.2, -0.15) is 0 Å². The predicted octanol–water partition coefficient (Wildman–Crippen LogP) is 2.69. The molecular weight excluding hydrogens is 418 g/mol. The smallest absolute Gasteiger partial charge is 0.238 e. The van der Waals surface area contributed by atoms with Crippen LogP contribution in [-0.2, 0) is 4.74 Å². The van der Waals surface area contributed by atoms with Crippen molar-refractivity contribution >= 4 is 11.0 Å². The van der Waals surface area contributed by atoms with E-state index in [1.54, 1.807) is 6.07 Å². The number of fused-ring (bicyclic) bond motifs is 1. The highest BCUT2D eigenvalue weighted by Gasteiger charge is 2.21. The van der Waals surface area contributed by atoms with Crippen molar-refractivity contribution in [3.8, 4) is 40.1 Å². The van der Waals surface area contributed by atoms with Crippen LogP contribution in [0.2, 0.25) is 0 Å². The van der Waals surface area contributed by atoms with Gasteiger partial charge in [0.15, 0.2) is 17.3 Å². The molecular formula is C23H25NO8. The van der Waals surface area contributed by atoms with Crippen LogP contribution < -0.4 is 14.9 Å². The Hall–Kier alpha value is -3.43. The molecule has 0 spiro atoms. The average Bonchev–Trinajstić information content (AvgIpc) is 2.81. The van der Waals surface area contributed by atoms with Gasteiger partial charge in [0.25, 0.3) is 0 Å². The van der Waals surface area contributed by atoms with Crippen LogP contribution in [0.3, 0.4) is 0 Å². The molecule has 2 heterocycles. The van der Waals surface area contributed by atoms with Gasteiger partial charge in [-0.3, -0.25) is 9.69 Å². The van der Waals surface area contributed by atoms with Crippen LogP contribution in [0.25, 0.3) is 22.3 Å². The number of nitrogens with zero attached hydrogens (tertiary/aromatic N) is 1. The minimum absolute atomic E-state index is 0.0985. The van der Waals surface area contributed by atoms with E-state index >= 15 is 0 Å². The van der Waals surface area contributed by atoms with Crippen LogP contribution >= 0.6 is 0 Å². The van der Waals surface area contributed by atoms with E-state index in [-0.39, 0.29) is 33.8 Å². The first-order valence-electron chi connectivity index (χ1n) is 10.3. The lowest BCUT2D eigenvalue weighted by Crippen LogP contribution is -2.37. The Balaban J connectivity index is 1.65. The molecule has 0 radical (unpaired) electrons. The van der Waals surface area contributed by atoms with Crippen molar-refractivity contribution in [3.63, 3.8) is 0 Å². The third-order valence-corrected chi connectivity index (χ3v) is 5.36. The standard InChI is InChI=1S/C23H25NO8/c1-29-15-12-18(31-8-2-5-24-6-9-30-10-7-24)20-19(13-15)32-23(22(28)21(20)27)14-3-4-16(25)17(26)11-14/h3-4,11-13,25-26,28H,2,5-10H2,1H3. The fourth-order valence-corrected chi connectivity index (χ4v) is 3.64. The minimum Gasteiger partial charge on any atom is -0.504 e. The second-order valence-electron chi connectivity index (χ2n) is 7.47. The van der Waals surface area contributed by atoms with Gasteiger partial charge >= 0.3 is 0 Å². The summed E-state index contributed by atoms with van der Waals surface area (Å²) in [7, 11) is 1.49. The zero-order valence-electron chi connectivity index (χ0n) is 17.7. The van der Waals surface area contributed by atoms with E-state index in [4.69, 9.17) is 18.6 Å². The Bertz CT molecular complexity index is 1170. The van der Waals surface area contributed by atoms with Crippen LogP contribution in [0.4, 0.5) is 0 Å². The molecule has 0 saturated carbocycles. The molecule has 3 N–H and O–H groups in total. The molecule has 1 saturated heterocycles. The normalized spacial score (nSPS) is 14.5. The van der Waals surface area contributed by atoms with Crippen molar-refractivity contribution in [1.82, 2.24) is 4.90 Å². The SMILES string of the molecule is COc1cc(OCCCN2CCOCC2)c2c(=O)c(O)c(-c3ccc(O)c(O)c3)oc2c1. The Morgan fingerprint density at radius 1 is 1.06 bits per heavy atom. The molecule has 1 aromatic heterocycles. The molecule has 1 aliphatic heterocycles. The number of ether oxygens (including phenoxy) is 3. The van der Waals surface area contributed by atoms with Crippen LogP contribution in [0.5, 0.6) is 28.7 Å². The summed E-state index contributed by atoms with van der Waals surface area (Å²) in [5.41, 5.74) is -0.273. The summed E-state index contributed by atoms with van der Waals surface area (Å²) >= 11 is 0. The number of hydrogen-bond donors (Lipinski definition) is 3. The van der Waals surface area contributed by atoms with Gasteiger partial charge in [0.2, 0.25) is 11.2 Å². The van der Waals surface area contributed by atoms with Crippen LogP contribution in [0.15, 0.2) is 39.5 Å². The number of morpholine rings is 1. The Labute approximate surface area is 184 Å². The second-order valence-corrected chi connectivity index (χ2v) is 7.47. The molecule has 3 aromatic rings. The average molecular weight is 443 g/mol. The van der Waals surface area contributed by atoms with E-state index in [0.29, 0.717) is 12.4 Å². The van der Waals surface area contributed by atoms with Crippen molar-refractivity contribution in [3.05, 3.63) is 40.6 Å². The molecule has 9 heteroatoms. The zero-order valence-corrected chi connectivity index (χ0v) is 17.7. The van der Waals surface area contributed by atoms with Crippen molar-refractivity contribution in [2.24, 2.45) is 0 Å². The first-order valence-corrected chi connectivity index (χ1v) is 10.3.